The number of nitrogens with one attached hydrogen (secondary N) is 1. The van der Waals surface area contributed by atoms with E-state index in [1.54, 1.807) is 38.2 Å². The fourth-order valence-corrected chi connectivity index (χ4v) is 5.50. The number of halogens is 3. The molecule has 0 bridgehead atoms. The van der Waals surface area contributed by atoms with Crippen LogP contribution in [0.3, 0.4) is 0 Å². The highest BCUT2D eigenvalue weighted by molar-refractivity contribution is 7.90. The van der Waals surface area contributed by atoms with Gasteiger partial charge in [0.05, 0.1) is 5.75 Å². The van der Waals surface area contributed by atoms with E-state index >= 15 is 0 Å². The highest BCUT2D eigenvalue weighted by Crippen LogP contribution is 2.32. The monoisotopic (exact) mass is 515 g/mol. The third-order valence-electron chi connectivity index (χ3n) is 5.27. The van der Waals surface area contributed by atoms with Crippen molar-refractivity contribution < 1.29 is 17.2 Å². The van der Waals surface area contributed by atoms with Gasteiger partial charge in [-0.3, -0.25) is 0 Å². The van der Waals surface area contributed by atoms with Crippen LogP contribution >= 0.6 is 11.6 Å². The molecule has 0 radical (unpaired) electrons. The summed E-state index contributed by atoms with van der Waals surface area (Å²) < 4.78 is 53.3. The maximum atomic E-state index is 14.2. The van der Waals surface area contributed by atoms with E-state index in [1.807, 2.05) is 6.92 Å². The molecule has 0 fully saturated rings. The van der Waals surface area contributed by atoms with E-state index in [-0.39, 0.29) is 10.7 Å². The first-order chi connectivity index (χ1) is 16.5. The molecular formula is C24H20ClF2N5O2S. The fraction of sp³-hybridized carbons (Fsp3) is 0.167. The Labute approximate surface area is 206 Å². The minimum Gasteiger partial charge on any atom is -0.325 e. The van der Waals surface area contributed by atoms with Gasteiger partial charge in [-0.05, 0) is 56.2 Å². The number of rotatable bonds is 6. The SMILES string of the molecule is Cc1cc(Nc2cc(-c3cnc(Cl)c(CS(=O)(=O)c4ccc(F)cc4F)c3C)ccn2)nc(C)n1. The van der Waals surface area contributed by atoms with Crippen molar-refractivity contribution >= 4 is 33.1 Å². The smallest absolute Gasteiger partial charge is 0.185 e. The molecule has 35 heavy (non-hydrogen) atoms. The van der Waals surface area contributed by atoms with Crippen LogP contribution in [0.5, 0.6) is 0 Å². The molecule has 0 atom stereocenters. The van der Waals surface area contributed by atoms with E-state index in [0.717, 1.165) is 17.8 Å². The van der Waals surface area contributed by atoms with Crippen LogP contribution in [0.1, 0.15) is 22.6 Å². The molecule has 0 aliphatic carbocycles. The van der Waals surface area contributed by atoms with E-state index in [4.69, 9.17) is 11.6 Å². The normalized spacial score (nSPS) is 11.5. The van der Waals surface area contributed by atoms with Crippen molar-refractivity contribution in [3.8, 4) is 11.1 Å². The Morgan fingerprint density at radius 3 is 2.46 bits per heavy atom. The van der Waals surface area contributed by atoms with Crippen LogP contribution in [0.2, 0.25) is 5.15 Å². The van der Waals surface area contributed by atoms with Crippen molar-refractivity contribution in [2.45, 2.75) is 31.4 Å². The molecule has 3 heterocycles. The van der Waals surface area contributed by atoms with E-state index in [0.29, 0.717) is 40.2 Å². The quantitative estimate of drug-likeness (QED) is 0.267. The number of pyridine rings is 2. The summed E-state index contributed by atoms with van der Waals surface area (Å²) in [4.78, 5) is 16.5. The number of aryl methyl sites for hydroxylation is 2. The number of nitrogens with zero attached hydrogens (tertiary/aromatic N) is 4. The zero-order valence-electron chi connectivity index (χ0n) is 19.0. The predicted octanol–water partition coefficient (Wildman–Crippen LogP) is 5.51. The van der Waals surface area contributed by atoms with Crippen molar-refractivity contribution in [1.29, 1.82) is 0 Å². The number of sulfone groups is 1. The lowest BCUT2D eigenvalue weighted by atomic mass is 10.0. The summed E-state index contributed by atoms with van der Waals surface area (Å²) in [5.41, 5.74) is 2.92. The molecule has 4 aromatic rings. The van der Waals surface area contributed by atoms with Crippen LogP contribution in [-0.4, -0.2) is 28.4 Å². The van der Waals surface area contributed by atoms with Gasteiger partial charge in [0.1, 0.15) is 39.1 Å². The van der Waals surface area contributed by atoms with Gasteiger partial charge in [-0.15, -0.1) is 0 Å². The van der Waals surface area contributed by atoms with Crippen LogP contribution in [0, 0.1) is 32.4 Å². The second-order valence-corrected chi connectivity index (χ2v) is 10.2. The lowest BCUT2D eigenvalue weighted by molar-refractivity contribution is 0.548. The van der Waals surface area contributed by atoms with E-state index < -0.39 is 32.1 Å². The first-order valence-electron chi connectivity index (χ1n) is 10.4. The molecule has 180 valence electrons. The predicted molar refractivity (Wildman–Crippen MR) is 129 cm³/mol. The fourth-order valence-electron chi connectivity index (χ4n) is 3.65. The van der Waals surface area contributed by atoms with Gasteiger partial charge in [-0.2, -0.15) is 0 Å². The average Bonchev–Trinajstić information content (AvgIpc) is 2.76. The van der Waals surface area contributed by atoms with Crippen LogP contribution in [0.25, 0.3) is 11.1 Å². The second kappa shape index (κ2) is 9.63. The molecule has 0 aliphatic heterocycles. The molecule has 1 aromatic carbocycles. The van der Waals surface area contributed by atoms with E-state index in [2.05, 4.69) is 25.3 Å². The second-order valence-electron chi connectivity index (χ2n) is 7.90. The molecule has 0 amide bonds. The maximum absolute atomic E-state index is 14.2. The number of hydrogen-bond acceptors (Lipinski definition) is 7. The summed E-state index contributed by atoms with van der Waals surface area (Å²) in [5, 5.41) is 3.12. The molecule has 3 aromatic heterocycles. The van der Waals surface area contributed by atoms with Gasteiger partial charge in [-0.1, -0.05) is 11.6 Å². The summed E-state index contributed by atoms with van der Waals surface area (Å²) >= 11 is 6.25. The van der Waals surface area contributed by atoms with Gasteiger partial charge in [0.25, 0.3) is 0 Å². The van der Waals surface area contributed by atoms with Crippen LogP contribution in [0.15, 0.2) is 53.7 Å². The van der Waals surface area contributed by atoms with Crippen LogP contribution in [0.4, 0.5) is 20.4 Å². The Balaban J connectivity index is 1.69. The van der Waals surface area contributed by atoms with Crippen molar-refractivity contribution in [2.24, 2.45) is 0 Å². The first-order valence-corrected chi connectivity index (χ1v) is 12.4. The van der Waals surface area contributed by atoms with Crippen molar-refractivity contribution in [3.05, 3.63) is 88.2 Å². The Morgan fingerprint density at radius 2 is 1.74 bits per heavy atom. The molecule has 4 rings (SSSR count). The van der Waals surface area contributed by atoms with Crippen molar-refractivity contribution in [3.63, 3.8) is 0 Å². The Kier molecular flexibility index (Phi) is 6.77. The highest BCUT2D eigenvalue weighted by atomic mass is 35.5. The minimum absolute atomic E-state index is 0.0170. The van der Waals surface area contributed by atoms with Gasteiger partial charge in [0.15, 0.2) is 9.84 Å². The van der Waals surface area contributed by atoms with Gasteiger partial charge < -0.3 is 5.32 Å². The summed E-state index contributed by atoms with van der Waals surface area (Å²) in [7, 11) is -4.17. The average molecular weight is 516 g/mol. The minimum atomic E-state index is -4.17. The maximum Gasteiger partial charge on any atom is 0.185 e. The third kappa shape index (κ3) is 5.44. The van der Waals surface area contributed by atoms with Gasteiger partial charge >= 0.3 is 0 Å². The number of anilines is 2. The van der Waals surface area contributed by atoms with Gasteiger partial charge in [0.2, 0.25) is 0 Å². The molecule has 0 aliphatic rings. The lowest BCUT2D eigenvalue weighted by Gasteiger charge is -2.14. The molecule has 0 spiro atoms. The molecule has 0 saturated heterocycles. The molecule has 0 unspecified atom stereocenters. The van der Waals surface area contributed by atoms with Crippen molar-refractivity contribution in [2.75, 3.05) is 5.32 Å². The summed E-state index contributed by atoms with van der Waals surface area (Å²) in [6.45, 7) is 5.36. The molecular weight excluding hydrogens is 496 g/mol. The highest BCUT2D eigenvalue weighted by Gasteiger charge is 2.24. The van der Waals surface area contributed by atoms with Crippen molar-refractivity contribution in [1.82, 2.24) is 19.9 Å². The molecule has 11 heteroatoms. The van der Waals surface area contributed by atoms with E-state index in [9.17, 15) is 17.2 Å². The van der Waals surface area contributed by atoms with E-state index in [1.165, 1.54) is 6.20 Å². The first kappa shape index (κ1) is 24.6. The zero-order chi connectivity index (χ0) is 25.3. The lowest BCUT2D eigenvalue weighted by Crippen LogP contribution is -2.10. The van der Waals surface area contributed by atoms with Crippen LogP contribution in [-0.2, 0) is 15.6 Å². The topological polar surface area (TPSA) is 97.7 Å². The Morgan fingerprint density at radius 1 is 0.971 bits per heavy atom. The standard InChI is InChI=1S/C24H20ClF2N5O2S/c1-13-8-23(31-15(3)30-13)32-22-9-16(6-7-28-22)18-11-29-24(25)19(14(18)2)12-35(33,34)21-5-4-17(26)10-20(21)27/h4-11H,12H2,1-3H3,(H,28,30,31,32). The van der Waals surface area contributed by atoms with Gasteiger partial charge in [0, 0.05) is 41.3 Å². The summed E-state index contributed by atoms with van der Waals surface area (Å²) in [5.74, 6) is -0.923. The largest absolute Gasteiger partial charge is 0.325 e. The molecule has 7 nitrogen and oxygen atoms in total. The van der Waals surface area contributed by atoms with Gasteiger partial charge in [-0.25, -0.2) is 37.1 Å². The molecule has 1 N–H and O–H groups in total. The van der Waals surface area contributed by atoms with Crippen LogP contribution < -0.4 is 5.32 Å². The molecule has 0 saturated carbocycles. The Bertz CT molecular complexity index is 1530. The third-order valence-corrected chi connectivity index (χ3v) is 7.26. The Hall–Kier alpha value is -3.50. The number of aromatic nitrogens is 4. The summed E-state index contributed by atoms with van der Waals surface area (Å²) in [6, 6.07) is 7.62. The number of benzene rings is 1. The summed E-state index contributed by atoms with van der Waals surface area (Å²) in [6.07, 6.45) is 3.13. The number of hydrogen-bond donors (Lipinski definition) is 1. The zero-order valence-corrected chi connectivity index (χ0v) is 20.5.